The molecule has 4 heteroatoms. The van der Waals surface area contributed by atoms with E-state index < -0.39 is 0 Å². The number of nitrogens with one attached hydrogen (secondary N) is 1. The lowest BCUT2D eigenvalue weighted by Crippen LogP contribution is -2.22. The third-order valence-electron chi connectivity index (χ3n) is 2.41. The molecule has 0 radical (unpaired) electrons. The van der Waals surface area contributed by atoms with Gasteiger partial charge in [0.1, 0.15) is 0 Å². The minimum atomic E-state index is 0.327. The van der Waals surface area contributed by atoms with Crippen LogP contribution in [0.1, 0.15) is 38.4 Å². The quantitative estimate of drug-likeness (QED) is 0.729. The molecule has 86 valence electrons. The molecular weight excluding hydrogens is 190 g/mol. The Morgan fingerprint density at radius 1 is 1.47 bits per heavy atom. The summed E-state index contributed by atoms with van der Waals surface area (Å²) in [5.74, 6) is 0. The molecule has 1 N–H and O–H groups in total. The van der Waals surface area contributed by atoms with Gasteiger partial charge >= 0.3 is 0 Å². The number of methoxy groups -OCH3 is 1. The molecule has 1 aromatic heterocycles. The average Bonchev–Trinajstić information content (AvgIpc) is 2.66. The van der Waals surface area contributed by atoms with Gasteiger partial charge < -0.3 is 10.1 Å². The van der Waals surface area contributed by atoms with E-state index in [0.29, 0.717) is 12.1 Å². The predicted octanol–water partition coefficient (Wildman–Crippen LogP) is 1.76. The van der Waals surface area contributed by atoms with Gasteiger partial charge in [0.2, 0.25) is 0 Å². The van der Waals surface area contributed by atoms with Crippen LogP contribution in [0.2, 0.25) is 0 Å². The van der Waals surface area contributed by atoms with E-state index in [-0.39, 0.29) is 0 Å². The molecule has 0 spiro atoms. The number of ether oxygens (including phenoxy) is 1. The number of hydrogen-bond donors (Lipinski definition) is 1. The van der Waals surface area contributed by atoms with Crippen LogP contribution in [-0.2, 0) is 4.74 Å². The molecule has 1 unspecified atom stereocenters. The summed E-state index contributed by atoms with van der Waals surface area (Å²) in [6, 6.07) is 0.748. The fourth-order valence-electron chi connectivity index (χ4n) is 1.35. The van der Waals surface area contributed by atoms with Crippen molar-refractivity contribution in [1.82, 2.24) is 15.1 Å². The van der Waals surface area contributed by atoms with E-state index in [4.69, 9.17) is 4.74 Å². The number of aromatic nitrogens is 2. The van der Waals surface area contributed by atoms with Crippen LogP contribution in [0, 0.1) is 0 Å². The SMILES string of the molecule is COCCNC(C)c1cnn(C(C)C)c1. The van der Waals surface area contributed by atoms with Gasteiger partial charge in [-0.15, -0.1) is 0 Å². The van der Waals surface area contributed by atoms with Gasteiger partial charge in [0.05, 0.1) is 12.8 Å². The summed E-state index contributed by atoms with van der Waals surface area (Å²) < 4.78 is 6.96. The fourth-order valence-corrected chi connectivity index (χ4v) is 1.35. The summed E-state index contributed by atoms with van der Waals surface area (Å²) in [7, 11) is 1.71. The standard InChI is InChI=1S/C11H21N3O/c1-9(2)14-8-11(7-13-14)10(3)12-5-6-15-4/h7-10,12H,5-6H2,1-4H3. The van der Waals surface area contributed by atoms with Gasteiger partial charge in [-0.25, -0.2) is 0 Å². The third-order valence-corrected chi connectivity index (χ3v) is 2.41. The highest BCUT2D eigenvalue weighted by atomic mass is 16.5. The van der Waals surface area contributed by atoms with E-state index in [2.05, 4.69) is 37.4 Å². The summed E-state index contributed by atoms with van der Waals surface area (Å²) in [5.41, 5.74) is 1.22. The molecule has 0 saturated carbocycles. The van der Waals surface area contributed by atoms with E-state index in [0.717, 1.165) is 13.2 Å². The van der Waals surface area contributed by atoms with Crippen LogP contribution < -0.4 is 5.32 Å². The molecule has 1 atom stereocenters. The van der Waals surface area contributed by atoms with Gasteiger partial charge in [0.15, 0.2) is 0 Å². The number of nitrogens with zero attached hydrogens (tertiary/aromatic N) is 2. The normalized spacial score (nSPS) is 13.4. The second-order valence-electron chi connectivity index (χ2n) is 4.02. The van der Waals surface area contributed by atoms with Crippen LogP contribution in [0.25, 0.3) is 0 Å². The lowest BCUT2D eigenvalue weighted by Gasteiger charge is -2.11. The van der Waals surface area contributed by atoms with Crippen molar-refractivity contribution in [2.75, 3.05) is 20.3 Å². The molecule has 0 amide bonds. The summed E-state index contributed by atoms with van der Waals surface area (Å²) in [6.45, 7) is 7.99. The zero-order valence-corrected chi connectivity index (χ0v) is 10.0. The maximum Gasteiger partial charge on any atom is 0.0587 e. The van der Waals surface area contributed by atoms with Gasteiger partial charge in [-0.2, -0.15) is 5.10 Å². The fraction of sp³-hybridized carbons (Fsp3) is 0.727. The van der Waals surface area contributed by atoms with Gasteiger partial charge in [-0.3, -0.25) is 4.68 Å². The van der Waals surface area contributed by atoms with E-state index >= 15 is 0 Å². The maximum atomic E-state index is 4.99. The Hall–Kier alpha value is -0.870. The Kier molecular flexibility index (Phi) is 4.78. The molecule has 1 rings (SSSR count). The minimum absolute atomic E-state index is 0.327. The van der Waals surface area contributed by atoms with Gasteiger partial charge in [0, 0.05) is 37.5 Å². The van der Waals surface area contributed by atoms with Crippen LogP contribution in [0.15, 0.2) is 12.4 Å². The number of hydrogen-bond acceptors (Lipinski definition) is 3. The van der Waals surface area contributed by atoms with Crippen LogP contribution in [0.5, 0.6) is 0 Å². The zero-order valence-electron chi connectivity index (χ0n) is 10.0. The third kappa shape index (κ3) is 3.64. The first kappa shape index (κ1) is 12.2. The maximum absolute atomic E-state index is 4.99. The Bertz CT molecular complexity index is 283. The molecule has 0 bridgehead atoms. The summed E-state index contributed by atoms with van der Waals surface area (Å²) >= 11 is 0. The molecule has 0 fully saturated rings. The molecule has 1 heterocycles. The van der Waals surface area contributed by atoms with Gasteiger partial charge in [0.25, 0.3) is 0 Å². The lowest BCUT2D eigenvalue weighted by molar-refractivity contribution is 0.196. The second kappa shape index (κ2) is 5.88. The number of rotatable bonds is 6. The largest absolute Gasteiger partial charge is 0.383 e. The predicted molar refractivity (Wildman–Crippen MR) is 60.9 cm³/mol. The summed E-state index contributed by atoms with van der Waals surface area (Å²) in [5, 5.41) is 7.68. The van der Waals surface area contributed by atoms with Crippen molar-refractivity contribution in [2.24, 2.45) is 0 Å². The van der Waals surface area contributed by atoms with Crippen molar-refractivity contribution in [3.05, 3.63) is 18.0 Å². The van der Waals surface area contributed by atoms with Crippen LogP contribution in [-0.4, -0.2) is 30.0 Å². The molecule has 0 saturated heterocycles. The molecule has 15 heavy (non-hydrogen) atoms. The minimum Gasteiger partial charge on any atom is -0.383 e. The van der Waals surface area contributed by atoms with Crippen molar-refractivity contribution in [2.45, 2.75) is 32.9 Å². The zero-order chi connectivity index (χ0) is 11.3. The highest BCUT2D eigenvalue weighted by molar-refractivity contribution is 5.09. The van der Waals surface area contributed by atoms with Crippen LogP contribution in [0.3, 0.4) is 0 Å². The first-order valence-electron chi connectivity index (χ1n) is 5.41. The monoisotopic (exact) mass is 211 g/mol. The van der Waals surface area contributed by atoms with Crippen molar-refractivity contribution < 1.29 is 4.74 Å². The molecule has 0 aliphatic heterocycles. The second-order valence-corrected chi connectivity index (χ2v) is 4.02. The highest BCUT2D eigenvalue weighted by Gasteiger charge is 2.08. The Labute approximate surface area is 91.6 Å². The van der Waals surface area contributed by atoms with Gasteiger partial charge in [-0.1, -0.05) is 0 Å². The first-order chi connectivity index (χ1) is 7.15. The van der Waals surface area contributed by atoms with Crippen molar-refractivity contribution in [1.29, 1.82) is 0 Å². The lowest BCUT2D eigenvalue weighted by atomic mass is 10.2. The van der Waals surface area contributed by atoms with E-state index in [1.165, 1.54) is 5.56 Å². The highest BCUT2D eigenvalue weighted by Crippen LogP contribution is 2.12. The average molecular weight is 211 g/mol. The van der Waals surface area contributed by atoms with E-state index in [1.54, 1.807) is 7.11 Å². The molecule has 1 aromatic rings. The Morgan fingerprint density at radius 3 is 2.73 bits per heavy atom. The van der Waals surface area contributed by atoms with Crippen molar-refractivity contribution >= 4 is 0 Å². The van der Waals surface area contributed by atoms with Crippen LogP contribution >= 0.6 is 0 Å². The Balaban J connectivity index is 2.47. The topological polar surface area (TPSA) is 39.1 Å². The van der Waals surface area contributed by atoms with E-state index in [9.17, 15) is 0 Å². The molecular formula is C11H21N3O. The Morgan fingerprint density at radius 2 is 2.20 bits per heavy atom. The van der Waals surface area contributed by atoms with Crippen LogP contribution in [0.4, 0.5) is 0 Å². The first-order valence-corrected chi connectivity index (χ1v) is 5.41. The van der Waals surface area contributed by atoms with Crippen molar-refractivity contribution in [3.8, 4) is 0 Å². The van der Waals surface area contributed by atoms with Crippen molar-refractivity contribution in [3.63, 3.8) is 0 Å². The smallest absolute Gasteiger partial charge is 0.0587 e. The molecule has 0 aliphatic carbocycles. The summed E-state index contributed by atoms with van der Waals surface area (Å²) in [4.78, 5) is 0. The molecule has 0 aliphatic rings. The van der Waals surface area contributed by atoms with Gasteiger partial charge in [-0.05, 0) is 20.8 Å². The summed E-state index contributed by atoms with van der Waals surface area (Å²) in [6.07, 6.45) is 4.01. The van der Waals surface area contributed by atoms with E-state index in [1.807, 2.05) is 10.9 Å². The molecule has 4 nitrogen and oxygen atoms in total. The molecule has 0 aromatic carbocycles.